The van der Waals surface area contributed by atoms with E-state index in [2.05, 4.69) is 35.6 Å². The second kappa shape index (κ2) is 11.4. The standard InChI is InChI=1S/C34H40FN3O/c1-6-26-10-12-27(13-11-26)28-15-18-37(19-16-28)34(39)30-21-31(32(20-24(30)3)29-8-7-9-29)25(4)38(35)33-22-36(5)17-14-23(33)2/h1,10-13,20-21,28-29H,4,7-9,14-19,22H2,2-3,5H3. The Morgan fingerprint density at radius 2 is 1.72 bits per heavy atom. The predicted octanol–water partition coefficient (Wildman–Crippen LogP) is 7.03. The summed E-state index contributed by atoms with van der Waals surface area (Å²) < 4.78 is 15.9. The van der Waals surface area contributed by atoms with E-state index in [1.807, 2.05) is 44.0 Å². The summed E-state index contributed by atoms with van der Waals surface area (Å²) in [5.41, 5.74) is 7.74. The van der Waals surface area contributed by atoms with Crippen LogP contribution in [0, 0.1) is 19.3 Å². The maximum Gasteiger partial charge on any atom is 0.254 e. The second-order valence-corrected chi connectivity index (χ2v) is 11.7. The summed E-state index contributed by atoms with van der Waals surface area (Å²) in [7, 11) is 2.01. The number of hydrogen-bond acceptors (Lipinski definition) is 3. The highest BCUT2D eigenvalue weighted by atomic mass is 19.2. The van der Waals surface area contributed by atoms with Gasteiger partial charge in [-0.2, -0.15) is 5.12 Å². The zero-order valence-corrected chi connectivity index (χ0v) is 23.6. The van der Waals surface area contributed by atoms with Gasteiger partial charge in [-0.1, -0.05) is 41.6 Å². The van der Waals surface area contributed by atoms with Crippen LogP contribution in [0.2, 0.25) is 0 Å². The Morgan fingerprint density at radius 3 is 2.33 bits per heavy atom. The van der Waals surface area contributed by atoms with Crippen LogP contribution in [0.3, 0.4) is 0 Å². The van der Waals surface area contributed by atoms with Crippen molar-refractivity contribution in [2.24, 2.45) is 0 Å². The number of terminal acetylenes is 1. The molecule has 0 radical (unpaired) electrons. The SMILES string of the molecule is C#Cc1ccc(C2CCN(C(=O)c3cc(C(=C)N(F)C4=C(C)CCN(C)C4)c(C4CCC4)cc3C)CC2)cc1. The Labute approximate surface area is 233 Å². The van der Waals surface area contributed by atoms with Crippen molar-refractivity contribution in [2.75, 3.05) is 33.2 Å². The summed E-state index contributed by atoms with van der Waals surface area (Å²) in [6.45, 7) is 11.1. The van der Waals surface area contributed by atoms with E-state index in [0.29, 0.717) is 48.4 Å². The molecule has 2 aromatic carbocycles. The lowest BCUT2D eigenvalue weighted by molar-refractivity contribution is 0.0712. The van der Waals surface area contributed by atoms with E-state index in [1.54, 1.807) is 0 Å². The van der Waals surface area contributed by atoms with Crippen molar-refractivity contribution in [1.29, 1.82) is 0 Å². The average molecular weight is 526 g/mol. The fourth-order valence-electron chi connectivity index (χ4n) is 6.18. The molecule has 0 aromatic heterocycles. The van der Waals surface area contributed by atoms with Crippen LogP contribution in [-0.4, -0.2) is 54.1 Å². The highest BCUT2D eigenvalue weighted by Gasteiger charge is 2.31. The fourth-order valence-corrected chi connectivity index (χ4v) is 6.18. The van der Waals surface area contributed by atoms with Gasteiger partial charge in [0.2, 0.25) is 0 Å². The summed E-state index contributed by atoms with van der Waals surface area (Å²) in [5, 5.41) is 0.781. The van der Waals surface area contributed by atoms with E-state index in [9.17, 15) is 4.79 Å². The van der Waals surface area contributed by atoms with Crippen molar-refractivity contribution in [2.45, 2.75) is 64.2 Å². The molecule has 2 fully saturated rings. The number of likely N-dealkylation sites (tertiary alicyclic amines) is 1. The summed E-state index contributed by atoms with van der Waals surface area (Å²) in [4.78, 5) is 17.9. The minimum atomic E-state index is 0.0287. The molecule has 5 rings (SSSR count). The van der Waals surface area contributed by atoms with Crippen molar-refractivity contribution < 1.29 is 9.28 Å². The molecule has 2 aromatic rings. The monoisotopic (exact) mass is 525 g/mol. The molecular weight excluding hydrogens is 485 g/mol. The molecule has 0 N–H and O–H groups in total. The second-order valence-electron chi connectivity index (χ2n) is 11.7. The average Bonchev–Trinajstić information content (AvgIpc) is 2.92. The Kier molecular flexibility index (Phi) is 7.96. The molecule has 0 atom stereocenters. The number of benzene rings is 2. The lowest BCUT2D eigenvalue weighted by atomic mass is 9.76. The minimum Gasteiger partial charge on any atom is -0.339 e. The molecule has 4 nitrogen and oxygen atoms in total. The first-order valence-electron chi connectivity index (χ1n) is 14.3. The molecule has 5 heteroatoms. The lowest BCUT2D eigenvalue weighted by Gasteiger charge is -2.35. The van der Waals surface area contributed by atoms with Gasteiger partial charge in [0.1, 0.15) is 0 Å². The van der Waals surface area contributed by atoms with Crippen molar-refractivity contribution in [3.63, 3.8) is 0 Å². The van der Waals surface area contributed by atoms with E-state index >= 15 is 4.48 Å². The van der Waals surface area contributed by atoms with Gasteiger partial charge in [-0.15, -0.1) is 6.42 Å². The molecule has 1 amide bonds. The molecule has 0 bridgehead atoms. The van der Waals surface area contributed by atoms with Crippen LogP contribution >= 0.6 is 0 Å². The van der Waals surface area contributed by atoms with E-state index in [4.69, 9.17) is 6.42 Å². The van der Waals surface area contributed by atoms with Gasteiger partial charge in [-0.05, 0) is 105 Å². The normalized spacial score (nSPS) is 19.0. The number of piperidine rings is 1. The van der Waals surface area contributed by atoms with Crippen LogP contribution in [0.15, 0.2) is 54.2 Å². The van der Waals surface area contributed by atoms with Crippen molar-refractivity contribution in [3.05, 3.63) is 87.6 Å². The molecule has 3 aliphatic rings. The third kappa shape index (κ3) is 5.54. The first-order valence-corrected chi connectivity index (χ1v) is 14.3. The fraction of sp³-hybridized carbons (Fsp3) is 0.441. The third-order valence-electron chi connectivity index (χ3n) is 9.07. The van der Waals surface area contributed by atoms with Crippen LogP contribution < -0.4 is 0 Å². The molecule has 0 spiro atoms. The Morgan fingerprint density at radius 1 is 1.03 bits per heavy atom. The molecule has 1 saturated heterocycles. The van der Waals surface area contributed by atoms with Crippen LogP contribution in [-0.2, 0) is 0 Å². The highest BCUT2D eigenvalue weighted by molar-refractivity contribution is 5.97. The van der Waals surface area contributed by atoms with Crippen LogP contribution in [0.5, 0.6) is 0 Å². The Hall–Kier alpha value is -3.36. The summed E-state index contributed by atoms with van der Waals surface area (Å²) >= 11 is 0. The molecule has 2 aliphatic heterocycles. The van der Waals surface area contributed by atoms with Crippen molar-refractivity contribution >= 4 is 11.6 Å². The predicted molar refractivity (Wildman–Crippen MR) is 157 cm³/mol. The number of carbonyl (C=O) groups excluding carboxylic acids is 1. The van der Waals surface area contributed by atoms with Gasteiger partial charge < -0.3 is 9.80 Å². The van der Waals surface area contributed by atoms with Crippen LogP contribution in [0.1, 0.15) is 95.5 Å². The number of carbonyl (C=O) groups is 1. The highest BCUT2D eigenvalue weighted by Crippen LogP contribution is 2.42. The topological polar surface area (TPSA) is 26.8 Å². The van der Waals surface area contributed by atoms with E-state index in [0.717, 1.165) is 71.6 Å². The number of hydrogen-bond donors (Lipinski definition) is 0. The smallest absolute Gasteiger partial charge is 0.254 e. The first kappa shape index (κ1) is 27.2. The van der Waals surface area contributed by atoms with Gasteiger partial charge in [0, 0.05) is 42.9 Å². The summed E-state index contributed by atoms with van der Waals surface area (Å²) in [6.07, 6.45) is 11.6. The molecule has 2 heterocycles. The van der Waals surface area contributed by atoms with Gasteiger partial charge in [-0.3, -0.25) is 4.79 Å². The van der Waals surface area contributed by atoms with Crippen molar-refractivity contribution in [1.82, 2.24) is 14.9 Å². The van der Waals surface area contributed by atoms with Gasteiger partial charge in [0.15, 0.2) is 0 Å². The van der Waals surface area contributed by atoms with Crippen LogP contribution in [0.25, 0.3) is 5.70 Å². The maximum absolute atomic E-state index is 15.9. The first-order chi connectivity index (χ1) is 18.8. The van der Waals surface area contributed by atoms with Gasteiger partial charge >= 0.3 is 0 Å². The Balaban J connectivity index is 1.38. The zero-order valence-electron chi connectivity index (χ0n) is 23.6. The quantitative estimate of drug-likeness (QED) is 0.299. The zero-order chi connectivity index (χ0) is 27.7. The van der Waals surface area contributed by atoms with E-state index in [1.165, 1.54) is 12.0 Å². The number of amides is 1. The number of nitrogens with zero attached hydrogens (tertiary/aromatic N) is 3. The van der Waals surface area contributed by atoms with Gasteiger partial charge in [-0.25, -0.2) is 0 Å². The summed E-state index contributed by atoms with van der Waals surface area (Å²) in [5.74, 6) is 3.52. The molecule has 1 saturated carbocycles. The molecule has 1 aliphatic carbocycles. The molecular formula is C34H40FN3O. The van der Waals surface area contributed by atoms with Gasteiger partial charge in [0.25, 0.3) is 5.91 Å². The number of likely N-dealkylation sites (N-methyl/N-ethyl adjacent to an activating group) is 1. The maximum atomic E-state index is 15.9. The van der Waals surface area contributed by atoms with Crippen LogP contribution in [0.4, 0.5) is 4.48 Å². The molecule has 39 heavy (non-hydrogen) atoms. The summed E-state index contributed by atoms with van der Waals surface area (Å²) in [6, 6.07) is 12.3. The Bertz CT molecular complexity index is 1320. The third-order valence-corrected chi connectivity index (χ3v) is 9.07. The lowest BCUT2D eigenvalue weighted by Crippen LogP contribution is -2.38. The minimum absolute atomic E-state index is 0.0287. The largest absolute Gasteiger partial charge is 0.339 e. The number of rotatable bonds is 6. The van der Waals surface area contributed by atoms with Gasteiger partial charge in [0.05, 0.1) is 11.4 Å². The molecule has 204 valence electrons. The van der Waals surface area contributed by atoms with E-state index < -0.39 is 0 Å². The molecule has 0 unspecified atom stereocenters. The van der Waals surface area contributed by atoms with Crippen molar-refractivity contribution in [3.8, 4) is 12.3 Å². The van der Waals surface area contributed by atoms with E-state index in [-0.39, 0.29) is 5.91 Å². The number of halogens is 1. The number of aryl methyl sites for hydroxylation is 1.